The molecule has 0 aliphatic carbocycles. The van der Waals surface area contributed by atoms with E-state index in [2.05, 4.69) is 42.3 Å². The van der Waals surface area contributed by atoms with Crippen LogP contribution in [-0.2, 0) is 13.1 Å². The summed E-state index contributed by atoms with van der Waals surface area (Å²) in [5.74, 6) is 0.876. The van der Waals surface area contributed by atoms with Crippen molar-refractivity contribution in [1.29, 1.82) is 0 Å². The summed E-state index contributed by atoms with van der Waals surface area (Å²) in [7, 11) is 3.77. The standard InChI is InChI=1S/C16H24N4O/c1-4-20-12-14(10-18-20)16(9-17)19(2)11-13-5-7-15(21-3)8-6-13/h5-8,10,12,16H,4,9,11,17H2,1-3H3. The van der Waals surface area contributed by atoms with Crippen LogP contribution in [0.1, 0.15) is 24.1 Å². The number of aryl methyl sites for hydroxylation is 1. The first-order chi connectivity index (χ1) is 10.2. The van der Waals surface area contributed by atoms with Gasteiger partial charge in [-0.25, -0.2) is 0 Å². The second kappa shape index (κ2) is 7.24. The Kier molecular flexibility index (Phi) is 5.36. The van der Waals surface area contributed by atoms with Gasteiger partial charge in [0.2, 0.25) is 0 Å². The third-order valence-corrected chi connectivity index (χ3v) is 3.71. The molecule has 1 aromatic carbocycles. The normalized spacial score (nSPS) is 12.6. The van der Waals surface area contributed by atoms with E-state index in [1.807, 2.05) is 23.0 Å². The summed E-state index contributed by atoms with van der Waals surface area (Å²) in [4.78, 5) is 2.25. The smallest absolute Gasteiger partial charge is 0.118 e. The minimum Gasteiger partial charge on any atom is -0.497 e. The molecule has 0 aliphatic heterocycles. The van der Waals surface area contributed by atoms with E-state index in [0.717, 1.165) is 24.4 Å². The fraction of sp³-hybridized carbons (Fsp3) is 0.438. The van der Waals surface area contributed by atoms with Crippen LogP contribution in [0.15, 0.2) is 36.7 Å². The van der Waals surface area contributed by atoms with Crippen LogP contribution in [0.3, 0.4) is 0 Å². The van der Waals surface area contributed by atoms with E-state index >= 15 is 0 Å². The molecule has 5 heteroatoms. The van der Waals surface area contributed by atoms with Crippen molar-refractivity contribution in [3.05, 3.63) is 47.8 Å². The number of nitrogens with two attached hydrogens (primary N) is 1. The van der Waals surface area contributed by atoms with E-state index in [1.54, 1.807) is 7.11 Å². The van der Waals surface area contributed by atoms with Gasteiger partial charge in [-0.15, -0.1) is 0 Å². The van der Waals surface area contributed by atoms with E-state index in [1.165, 1.54) is 5.56 Å². The molecule has 0 saturated carbocycles. The van der Waals surface area contributed by atoms with Crippen LogP contribution in [0.2, 0.25) is 0 Å². The third-order valence-electron chi connectivity index (χ3n) is 3.71. The van der Waals surface area contributed by atoms with Gasteiger partial charge in [0.15, 0.2) is 0 Å². The van der Waals surface area contributed by atoms with Crippen molar-refractivity contribution in [2.24, 2.45) is 5.73 Å². The van der Waals surface area contributed by atoms with Gasteiger partial charge in [-0.1, -0.05) is 12.1 Å². The van der Waals surface area contributed by atoms with Crippen LogP contribution in [0, 0.1) is 0 Å². The Morgan fingerprint density at radius 2 is 2.05 bits per heavy atom. The van der Waals surface area contributed by atoms with E-state index in [4.69, 9.17) is 10.5 Å². The van der Waals surface area contributed by atoms with Gasteiger partial charge in [0.1, 0.15) is 5.75 Å². The average Bonchev–Trinajstić information content (AvgIpc) is 2.97. The maximum atomic E-state index is 5.96. The highest BCUT2D eigenvalue weighted by molar-refractivity contribution is 5.27. The Balaban J connectivity index is 2.06. The third kappa shape index (κ3) is 3.83. The molecule has 2 rings (SSSR count). The van der Waals surface area contributed by atoms with E-state index in [-0.39, 0.29) is 6.04 Å². The Morgan fingerprint density at radius 3 is 2.57 bits per heavy atom. The van der Waals surface area contributed by atoms with Crippen molar-refractivity contribution >= 4 is 0 Å². The molecule has 114 valence electrons. The lowest BCUT2D eigenvalue weighted by Gasteiger charge is -2.26. The van der Waals surface area contributed by atoms with Crippen LogP contribution >= 0.6 is 0 Å². The maximum absolute atomic E-state index is 5.96. The summed E-state index contributed by atoms with van der Waals surface area (Å²) >= 11 is 0. The van der Waals surface area contributed by atoms with Gasteiger partial charge >= 0.3 is 0 Å². The molecule has 0 radical (unpaired) electrons. The molecule has 0 saturated heterocycles. The van der Waals surface area contributed by atoms with Crippen molar-refractivity contribution in [3.8, 4) is 5.75 Å². The zero-order valence-corrected chi connectivity index (χ0v) is 13.0. The Hall–Kier alpha value is -1.85. The molecule has 1 aromatic heterocycles. The highest BCUT2D eigenvalue weighted by atomic mass is 16.5. The van der Waals surface area contributed by atoms with Gasteiger partial charge in [-0.3, -0.25) is 9.58 Å². The van der Waals surface area contributed by atoms with Crippen molar-refractivity contribution in [1.82, 2.24) is 14.7 Å². The molecule has 0 fully saturated rings. The van der Waals surface area contributed by atoms with Gasteiger partial charge in [-0.05, 0) is 31.7 Å². The number of benzene rings is 1. The quantitative estimate of drug-likeness (QED) is 0.847. The zero-order chi connectivity index (χ0) is 15.2. The lowest BCUT2D eigenvalue weighted by molar-refractivity contribution is 0.241. The number of hydrogen-bond acceptors (Lipinski definition) is 4. The molecule has 5 nitrogen and oxygen atoms in total. The zero-order valence-electron chi connectivity index (χ0n) is 13.0. The van der Waals surface area contributed by atoms with Gasteiger partial charge in [0, 0.05) is 31.4 Å². The number of rotatable bonds is 7. The number of nitrogens with zero attached hydrogens (tertiary/aromatic N) is 3. The number of hydrogen-bond donors (Lipinski definition) is 1. The minimum absolute atomic E-state index is 0.174. The summed E-state index contributed by atoms with van der Waals surface area (Å²) < 4.78 is 7.11. The molecule has 0 amide bonds. The molecule has 0 bridgehead atoms. The predicted octanol–water partition coefficient (Wildman–Crippen LogP) is 2.04. The van der Waals surface area contributed by atoms with Crippen LogP contribution in [0.5, 0.6) is 5.75 Å². The highest BCUT2D eigenvalue weighted by Crippen LogP contribution is 2.21. The van der Waals surface area contributed by atoms with Crippen molar-refractivity contribution < 1.29 is 4.74 Å². The summed E-state index contributed by atoms with van der Waals surface area (Å²) in [5.41, 5.74) is 8.36. The van der Waals surface area contributed by atoms with Gasteiger partial charge < -0.3 is 10.5 Å². The Bertz CT molecular complexity index is 550. The maximum Gasteiger partial charge on any atom is 0.118 e. The SMILES string of the molecule is CCn1cc(C(CN)N(C)Cc2ccc(OC)cc2)cn1. The molecular formula is C16H24N4O. The minimum atomic E-state index is 0.174. The van der Waals surface area contributed by atoms with Crippen molar-refractivity contribution in [2.45, 2.75) is 26.1 Å². The number of likely N-dealkylation sites (N-methyl/N-ethyl adjacent to an activating group) is 1. The second-order valence-corrected chi connectivity index (χ2v) is 5.14. The first kappa shape index (κ1) is 15.5. The van der Waals surface area contributed by atoms with Crippen LogP contribution in [0.4, 0.5) is 0 Å². The fourth-order valence-corrected chi connectivity index (χ4v) is 2.42. The molecule has 2 aromatic rings. The van der Waals surface area contributed by atoms with Gasteiger partial charge in [0.25, 0.3) is 0 Å². The van der Waals surface area contributed by atoms with E-state index in [9.17, 15) is 0 Å². The Labute approximate surface area is 126 Å². The van der Waals surface area contributed by atoms with Crippen molar-refractivity contribution in [2.75, 3.05) is 20.7 Å². The monoisotopic (exact) mass is 288 g/mol. The molecule has 1 unspecified atom stereocenters. The molecule has 2 N–H and O–H groups in total. The summed E-state index contributed by atoms with van der Waals surface area (Å²) in [6, 6.07) is 8.30. The van der Waals surface area contributed by atoms with E-state index in [0.29, 0.717) is 6.54 Å². The molecule has 1 atom stereocenters. The summed E-state index contributed by atoms with van der Waals surface area (Å²) in [6.07, 6.45) is 3.98. The lowest BCUT2D eigenvalue weighted by Crippen LogP contribution is -2.30. The largest absolute Gasteiger partial charge is 0.497 e. The molecule has 1 heterocycles. The summed E-state index contributed by atoms with van der Waals surface area (Å²) in [5, 5.41) is 4.33. The van der Waals surface area contributed by atoms with Crippen LogP contribution < -0.4 is 10.5 Å². The van der Waals surface area contributed by atoms with Crippen molar-refractivity contribution in [3.63, 3.8) is 0 Å². The summed E-state index contributed by atoms with van der Waals surface area (Å²) in [6.45, 7) is 4.36. The number of ether oxygens (including phenoxy) is 1. The number of methoxy groups -OCH3 is 1. The first-order valence-corrected chi connectivity index (χ1v) is 7.23. The van der Waals surface area contributed by atoms with Crippen LogP contribution in [-0.4, -0.2) is 35.4 Å². The molecular weight excluding hydrogens is 264 g/mol. The predicted molar refractivity (Wildman–Crippen MR) is 84.2 cm³/mol. The fourth-order valence-electron chi connectivity index (χ4n) is 2.42. The second-order valence-electron chi connectivity index (χ2n) is 5.14. The van der Waals surface area contributed by atoms with Gasteiger partial charge in [0.05, 0.1) is 19.3 Å². The van der Waals surface area contributed by atoms with Crippen LogP contribution in [0.25, 0.3) is 0 Å². The number of aromatic nitrogens is 2. The topological polar surface area (TPSA) is 56.3 Å². The Morgan fingerprint density at radius 1 is 1.33 bits per heavy atom. The first-order valence-electron chi connectivity index (χ1n) is 7.23. The van der Waals surface area contributed by atoms with E-state index < -0.39 is 0 Å². The molecule has 0 spiro atoms. The lowest BCUT2D eigenvalue weighted by atomic mass is 10.1. The molecule has 0 aliphatic rings. The molecule has 21 heavy (non-hydrogen) atoms. The average molecular weight is 288 g/mol. The highest BCUT2D eigenvalue weighted by Gasteiger charge is 2.17. The van der Waals surface area contributed by atoms with Gasteiger partial charge in [-0.2, -0.15) is 5.10 Å².